The van der Waals surface area contributed by atoms with Gasteiger partial charge in [-0.15, -0.1) is 0 Å². The number of nitrogens with one attached hydrogen (secondary N) is 2. The summed E-state index contributed by atoms with van der Waals surface area (Å²) < 4.78 is 21.1. The highest BCUT2D eigenvalue weighted by molar-refractivity contribution is 6.02. The zero-order valence-electron chi connectivity index (χ0n) is 29.6. The van der Waals surface area contributed by atoms with Crippen molar-refractivity contribution in [2.24, 2.45) is 0 Å². The lowest BCUT2D eigenvalue weighted by molar-refractivity contribution is 0.0846. The fourth-order valence-corrected chi connectivity index (χ4v) is 7.38. The molecule has 2 N–H and O–H groups in total. The van der Waals surface area contributed by atoms with Gasteiger partial charge in [-0.2, -0.15) is 0 Å². The van der Waals surface area contributed by atoms with Crippen LogP contribution in [0.3, 0.4) is 0 Å². The number of piperazine rings is 1. The Morgan fingerprint density at radius 1 is 0.980 bits per heavy atom. The number of H-pyrrole nitrogens is 1. The van der Waals surface area contributed by atoms with Crippen molar-refractivity contribution in [2.45, 2.75) is 46.6 Å². The van der Waals surface area contributed by atoms with E-state index in [0.29, 0.717) is 46.9 Å². The number of nitrogens with zero attached hydrogens (tertiary/aromatic N) is 5. The van der Waals surface area contributed by atoms with Crippen LogP contribution in [0.5, 0.6) is 0 Å². The molecule has 0 saturated carbocycles. The maximum Gasteiger partial charge on any atom is 0.263 e. The van der Waals surface area contributed by atoms with Gasteiger partial charge in [0.1, 0.15) is 11.6 Å². The van der Waals surface area contributed by atoms with Crippen LogP contribution in [-0.2, 0) is 4.74 Å². The van der Waals surface area contributed by atoms with E-state index in [1.807, 2.05) is 45.2 Å². The zero-order chi connectivity index (χ0) is 35.6. The molecule has 0 radical (unpaired) electrons. The number of halogens is 1. The van der Waals surface area contributed by atoms with Crippen LogP contribution >= 0.6 is 0 Å². The van der Waals surface area contributed by atoms with Gasteiger partial charge in [-0.3, -0.25) is 14.2 Å². The third-order valence-corrected chi connectivity index (χ3v) is 10.1. The first-order chi connectivity index (χ1) is 24.7. The SMILES string of the molecule is CCN(c1cc(-c2ccc(N3CCNCC3)nc2)cc(C(=O)n2cc(-c3ccc(F)cc3)nc2-c2c(C)cc(C)[nH]c2=O)c1C)C1CCOCC1. The molecule has 0 spiro atoms. The molecule has 264 valence electrons. The Morgan fingerprint density at radius 3 is 2.37 bits per heavy atom. The first kappa shape index (κ1) is 34.3. The van der Waals surface area contributed by atoms with Crippen molar-refractivity contribution in [3.63, 3.8) is 0 Å². The van der Waals surface area contributed by atoms with E-state index in [4.69, 9.17) is 14.7 Å². The number of ether oxygens (including phenoxy) is 1. The summed E-state index contributed by atoms with van der Waals surface area (Å²) in [6.07, 6.45) is 5.32. The summed E-state index contributed by atoms with van der Waals surface area (Å²) in [6, 6.07) is 16.3. The minimum Gasteiger partial charge on any atom is -0.381 e. The van der Waals surface area contributed by atoms with Gasteiger partial charge < -0.3 is 24.8 Å². The highest BCUT2D eigenvalue weighted by Crippen LogP contribution is 2.36. The average Bonchev–Trinajstić information content (AvgIpc) is 3.58. The molecular formula is C40H44FN7O3. The molecule has 2 saturated heterocycles. The van der Waals surface area contributed by atoms with Crippen molar-refractivity contribution in [1.82, 2.24) is 24.8 Å². The van der Waals surface area contributed by atoms with Gasteiger partial charge in [0.05, 0.1) is 11.3 Å². The third kappa shape index (κ3) is 6.96. The maximum absolute atomic E-state index is 15.0. The number of pyridine rings is 2. The van der Waals surface area contributed by atoms with Gasteiger partial charge in [0.2, 0.25) is 0 Å². The van der Waals surface area contributed by atoms with E-state index in [9.17, 15) is 9.18 Å². The van der Waals surface area contributed by atoms with Crippen molar-refractivity contribution in [2.75, 3.05) is 55.7 Å². The fraction of sp³-hybridized carbons (Fsp3) is 0.350. The lowest BCUT2D eigenvalue weighted by Gasteiger charge is -2.37. The van der Waals surface area contributed by atoms with Crippen LogP contribution in [-0.4, -0.2) is 77.4 Å². The summed E-state index contributed by atoms with van der Waals surface area (Å²) in [5.41, 5.74) is 6.52. The van der Waals surface area contributed by atoms with Crippen LogP contribution in [0.2, 0.25) is 0 Å². The normalized spacial score (nSPS) is 15.3. The summed E-state index contributed by atoms with van der Waals surface area (Å²) in [5, 5.41) is 3.39. The summed E-state index contributed by atoms with van der Waals surface area (Å²) in [5.74, 6) is 0.458. The number of carbonyl (C=O) groups excluding carboxylic acids is 1. The Kier molecular flexibility index (Phi) is 9.84. The lowest BCUT2D eigenvalue weighted by atomic mass is 9.95. The minimum atomic E-state index is -0.374. The molecule has 5 aromatic rings. The summed E-state index contributed by atoms with van der Waals surface area (Å²) in [7, 11) is 0. The number of hydrogen-bond acceptors (Lipinski definition) is 8. The Bertz CT molecular complexity index is 2090. The fourth-order valence-electron chi connectivity index (χ4n) is 7.38. The maximum atomic E-state index is 15.0. The summed E-state index contributed by atoms with van der Waals surface area (Å²) in [4.78, 5) is 45.7. The molecule has 2 aromatic carbocycles. The predicted octanol–water partition coefficient (Wildman–Crippen LogP) is 6.14. The molecule has 7 rings (SSSR count). The number of rotatable bonds is 8. The van der Waals surface area contributed by atoms with Gasteiger partial charge in [-0.1, -0.05) is 0 Å². The smallest absolute Gasteiger partial charge is 0.263 e. The van der Waals surface area contributed by atoms with Crippen molar-refractivity contribution in [1.29, 1.82) is 0 Å². The monoisotopic (exact) mass is 689 g/mol. The van der Waals surface area contributed by atoms with Gasteiger partial charge >= 0.3 is 0 Å². The van der Waals surface area contributed by atoms with Crippen LogP contribution in [0, 0.1) is 26.6 Å². The molecule has 10 nitrogen and oxygen atoms in total. The average molecular weight is 690 g/mol. The van der Waals surface area contributed by atoms with E-state index in [-0.39, 0.29) is 29.1 Å². The van der Waals surface area contributed by atoms with E-state index in [2.05, 4.69) is 39.2 Å². The standard InChI is InChI=1S/C40H44FN7O3/c1-5-47(32-12-18-51-19-13-32)35-22-30(29-8-11-36(43-23-29)46-16-14-42-15-17-46)21-33(27(35)4)40(50)48-24-34(28-6-9-31(41)10-7-28)45-38(48)37-25(2)20-26(3)44-39(37)49/h6-11,20-24,32,42H,5,12-19H2,1-4H3,(H,44,49). The number of benzene rings is 2. The molecule has 0 bridgehead atoms. The Morgan fingerprint density at radius 2 is 1.71 bits per heavy atom. The second-order valence-corrected chi connectivity index (χ2v) is 13.4. The van der Waals surface area contributed by atoms with Crippen LogP contribution in [0.1, 0.15) is 46.9 Å². The number of anilines is 2. The predicted molar refractivity (Wildman–Crippen MR) is 199 cm³/mol. The summed E-state index contributed by atoms with van der Waals surface area (Å²) in [6.45, 7) is 13.6. The number of imidazole rings is 1. The topological polar surface area (TPSA) is 108 Å². The van der Waals surface area contributed by atoms with E-state index in [1.54, 1.807) is 18.3 Å². The number of aryl methyl sites for hydroxylation is 2. The third-order valence-electron chi connectivity index (χ3n) is 10.1. The number of aromatic nitrogens is 4. The van der Waals surface area contributed by atoms with Crippen molar-refractivity contribution < 1.29 is 13.9 Å². The number of hydrogen-bond donors (Lipinski definition) is 2. The van der Waals surface area contributed by atoms with Gasteiger partial charge in [-0.25, -0.2) is 14.4 Å². The molecule has 0 unspecified atom stereocenters. The molecule has 0 amide bonds. The molecule has 2 aliphatic heterocycles. The van der Waals surface area contributed by atoms with E-state index >= 15 is 4.79 Å². The second-order valence-electron chi connectivity index (χ2n) is 13.4. The van der Waals surface area contributed by atoms with Gasteiger partial charge in [-0.05, 0) is 112 Å². The number of aromatic amines is 1. The van der Waals surface area contributed by atoms with E-state index < -0.39 is 0 Å². The molecule has 51 heavy (non-hydrogen) atoms. The van der Waals surface area contributed by atoms with Crippen LogP contribution in [0.25, 0.3) is 33.8 Å². The molecule has 2 aliphatic rings. The van der Waals surface area contributed by atoms with E-state index in [1.165, 1.54) is 16.7 Å². The van der Waals surface area contributed by atoms with Gasteiger partial charge in [0, 0.05) is 92.4 Å². The minimum absolute atomic E-state index is 0.225. The first-order valence-electron chi connectivity index (χ1n) is 17.7. The Labute approximate surface area is 297 Å². The number of carbonyl (C=O) groups is 1. The second kappa shape index (κ2) is 14.6. The largest absolute Gasteiger partial charge is 0.381 e. The van der Waals surface area contributed by atoms with Crippen molar-refractivity contribution in [3.8, 4) is 33.8 Å². The van der Waals surface area contributed by atoms with Gasteiger partial charge in [0.15, 0.2) is 5.82 Å². The van der Waals surface area contributed by atoms with Crippen LogP contribution in [0.15, 0.2) is 71.8 Å². The molecular weight excluding hydrogens is 645 g/mol. The Hall–Kier alpha value is -5.13. The van der Waals surface area contributed by atoms with E-state index in [0.717, 1.165) is 73.8 Å². The Balaban J connectivity index is 1.39. The molecule has 11 heteroatoms. The summed E-state index contributed by atoms with van der Waals surface area (Å²) >= 11 is 0. The zero-order valence-corrected chi connectivity index (χ0v) is 29.6. The molecule has 2 fully saturated rings. The molecule has 3 aromatic heterocycles. The molecule has 5 heterocycles. The van der Waals surface area contributed by atoms with Crippen molar-refractivity contribution in [3.05, 3.63) is 106 Å². The van der Waals surface area contributed by atoms with Crippen molar-refractivity contribution >= 4 is 17.4 Å². The van der Waals surface area contributed by atoms with Crippen LogP contribution in [0.4, 0.5) is 15.9 Å². The highest BCUT2D eigenvalue weighted by Gasteiger charge is 2.28. The quantitative estimate of drug-likeness (QED) is 0.200. The van der Waals surface area contributed by atoms with Gasteiger partial charge in [0.25, 0.3) is 11.5 Å². The molecule has 0 atom stereocenters. The highest BCUT2D eigenvalue weighted by atomic mass is 19.1. The first-order valence-corrected chi connectivity index (χ1v) is 17.7. The van der Waals surface area contributed by atoms with Crippen LogP contribution < -0.4 is 20.7 Å². The lowest BCUT2D eigenvalue weighted by Crippen LogP contribution is -2.43. The molecule has 0 aliphatic carbocycles.